The fraction of sp³-hybridized carbons (Fsp3) is 0.462. The number of sulfonamides is 1. The van der Waals surface area contributed by atoms with E-state index in [1.807, 2.05) is 0 Å². The lowest BCUT2D eigenvalue weighted by atomic mass is 10.2. The molecular formula is C13H18FN3O3S. The Bertz CT molecular complexity index is 646. The highest BCUT2D eigenvalue weighted by molar-refractivity contribution is 7.93. The van der Waals surface area contributed by atoms with Crippen LogP contribution in [0.3, 0.4) is 0 Å². The molecule has 0 aliphatic carbocycles. The Balaban J connectivity index is 2.20. The zero-order chi connectivity index (χ0) is 15.6. The van der Waals surface area contributed by atoms with E-state index >= 15 is 0 Å². The van der Waals surface area contributed by atoms with Gasteiger partial charge in [0.15, 0.2) is 0 Å². The van der Waals surface area contributed by atoms with Crippen LogP contribution in [0, 0.1) is 5.82 Å². The monoisotopic (exact) mass is 315 g/mol. The van der Waals surface area contributed by atoms with Crippen LogP contribution in [-0.2, 0) is 14.8 Å². The van der Waals surface area contributed by atoms with Crippen LogP contribution in [0.4, 0.5) is 15.8 Å². The minimum absolute atomic E-state index is 0.0554. The third-order valence-corrected chi connectivity index (χ3v) is 5.14. The maximum atomic E-state index is 13.7. The smallest absolute Gasteiger partial charge is 0.241 e. The molecule has 1 heterocycles. The number of carbonyl (C=O) groups is 1. The molecule has 1 aliphatic rings. The minimum atomic E-state index is -3.31. The predicted molar refractivity (Wildman–Crippen MR) is 79.3 cm³/mol. The molecule has 6 nitrogen and oxygen atoms in total. The summed E-state index contributed by atoms with van der Waals surface area (Å²) < 4.78 is 38.7. The molecule has 0 atom stereocenters. The number of rotatable bonds is 4. The molecule has 0 bridgehead atoms. The van der Waals surface area contributed by atoms with Gasteiger partial charge in [0.1, 0.15) is 5.82 Å². The van der Waals surface area contributed by atoms with Crippen molar-refractivity contribution in [2.45, 2.75) is 6.42 Å². The molecule has 0 radical (unpaired) electrons. The molecular weight excluding hydrogens is 297 g/mol. The summed E-state index contributed by atoms with van der Waals surface area (Å²) in [6.07, 6.45) is 0.557. The molecule has 1 amide bonds. The van der Waals surface area contributed by atoms with Crippen molar-refractivity contribution >= 4 is 27.3 Å². The van der Waals surface area contributed by atoms with Gasteiger partial charge < -0.3 is 10.2 Å². The maximum Gasteiger partial charge on any atom is 0.241 e. The molecule has 0 aromatic heterocycles. The van der Waals surface area contributed by atoms with E-state index in [9.17, 15) is 17.6 Å². The highest BCUT2D eigenvalue weighted by Gasteiger charge is 2.28. The Kier molecular flexibility index (Phi) is 4.36. The Labute approximate surface area is 123 Å². The van der Waals surface area contributed by atoms with E-state index in [0.717, 1.165) is 0 Å². The molecule has 1 N–H and O–H groups in total. The van der Waals surface area contributed by atoms with Crippen LogP contribution in [0.2, 0.25) is 0 Å². The van der Waals surface area contributed by atoms with Gasteiger partial charge in [0.05, 0.1) is 23.7 Å². The Morgan fingerprint density at radius 2 is 2.14 bits per heavy atom. The summed E-state index contributed by atoms with van der Waals surface area (Å²) in [5, 5.41) is 2.70. The first-order valence-electron chi connectivity index (χ1n) is 6.55. The van der Waals surface area contributed by atoms with Crippen molar-refractivity contribution in [3.8, 4) is 0 Å². The molecule has 1 aliphatic heterocycles. The molecule has 1 aromatic carbocycles. The van der Waals surface area contributed by atoms with E-state index in [-0.39, 0.29) is 23.9 Å². The van der Waals surface area contributed by atoms with E-state index in [4.69, 9.17) is 0 Å². The summed E-state index contributed by atoms with van der Waals surface area (Å²) >= 11 is 0. The number of likely N-dealkylation sites (N-methyl/N-ethyl adjacent to an activating group) is 1. The molecule has 0 unspecified atom stereocenters. The first-order valence-corrected chi connectivity index (χ1v) is 8.16. The summed E-state index contributed by atoms with van der Waals surface area (Å²) in [5.41, 5.74) is 0.526. The molecule has 1 aromatic rings. The SMILES string of the molecule is CN(C)C(=O)CNc1cc(N2CCCS2(=O)=O)ccc1F. The number of halogens is 1. The molecule has 1 fully saturated rings. The lowest BCUT2D eigenvalue weighted by Crippen LogP contribution is -2.29. The number of anilines is 2. The van der Waals surface area contributed by atoms with E-state index < -0.39 is 15.8 Å². The lowest BCUT2D eigenvalue weighted by molar-refractivity contribution is -0.126. The van der Waals surface area contributed by atoms with Gasteiger partial charge in [0, 0.05) is 20.6 Å². The highest BCUT2D eigenvalue weighted by Crippen LogP contribution is 2.28. The van der Waals surface area contributed by atoms with Crippen LogP contribution in [0.5, 0.6) is 0 Å². The first kappa shape index (κ1) is 15.6. The number of amides is 1. The van der Waals surface area contributed by atoms with Crippen molar-refractivity contribution < 1.29 is 17.6 Å². The second-order valence-corrected chi connectivity index (χ2v) is 7.06. The topological polar surface area (TPSA) is 69.7 Å². The van der Waals surface area contributed by atoms with Gasteiger partial charge in [-0.3, -0.25) is 9.10 Å². The van der Waals surface area contributed by atoms with Gasteiger partial charge in [0.25, 0.3) is 0 Å². The first-order chi connectivity index (χ1) is 9.81. The Hall–Kier alpha value is -1.83. The molecule has 1 saturated heterocycles. The van der Waals surface area contributed by atoms with E-state index in [0.29, 0.717) is 18.7 Å². The number of benzene rings is 1. The fourth-order valence-corrected chi connectivity index (χ4v) is 3.62. The summed E-state index contributed by atoms with van der Waals surface area (Å²) in [6.45, 7) is 0.337. The van der Waals surface area contributed by atoms with Gasteiger partial charge in [-0.2, -0.15) is 0 Å². The van der Waals surface area contributed by atoms with E-state index in [2.05, 4.69) is 5.32 Å². The van der Waals surface area contributed by atoms with Gasteiger partial charge in [-0.15, -0.1) is 0 Å². The van der Waals surface area contributed by atoms with Crippen molar-refractivity contribution in [3.05, 3.63) is 24.0 Å². The number of hydrogen-bond donors (Lipinski definition) is 1. The molecule has 0 saturated carbocycles. The fourth-order valence-electron chi connectivity index (χ4n) is 2.06. The zero-order valence-corrected chi connectivity index (χ0v) is 12.8. The van der Waals surface area contributed by atoms with Crippen LogP contribution in [0.15, 0.2) is 18.2 Å². The summed E-state index contributed by atoms with van der Waals surface area (Å²) in [5.74, 6) is -0.623. The van der Waals surface area contributed by atoms with Crippen LogP contribution in [0.25, 0.3) is 0 Å². The van der Waals surface area contributed by atoms with Crippen LogP contribution < -0.4 is 9.62 Å². The predicted octanol–water partition coefficient (Wildman–Crippen LogP) is 0.866. The van der Waals surface area contributed by atoms with Gasteiger partial charge in [-0.1, -0.05) is 0 Å². The van der Waals surface area contributed by atoms with Crippen molar-refractivity contribution in [2.24, 2.45) is 0 Å². The van der Waals surface area contributed by atoms with Gasteiger partial charge >= 0.3 is 0 Å². The van der Waals surface area contributed by atoms with E-state index in [1.54, 1.807) is 14.1 Å². The van der Waals surface area contributed by atoms with Crippen molar-refractivity contribution in [1.29, 1.82) is 0 Å². The van der Waals surface area contributed by atoms with Gasteiger partial charge in [0.2, 0.25) is 15.9 Å². The number of carbonyl (C=O) groups excluding carboxylic acids is 1. The second kappa shape index (κ2) is 5.88. The van der Waals surface area contributed by atoms with Crippen molar-refractivity contribution in [1.82, 2.24) is 4.90 Å². The highest BCUT2D eigenvalue weighted by atomic mass is 32.2. The lowest BCUT2D eigenvalue weighted by Gasteiger charge is -2.18. The van der Waals surface area contributed by atoms with E-state index in [1.165, 1.54) is 27.4 Å². The van der Waals surface area contributed by atoms with Crippen molar-refractivity contribution in [3.63, 3.8) is 0 Å². The van der Waals surface area contributed by atoms with Gasteiger partial charge in [-0.25, -0.2) is 12.8 Å². The number of nitrogens with one attached hydrogen (secondary N) is 1. The average Bonchev–Trinajstić information content (AvgIpc) is 2.77. The molecule has 116 valence electrons. The largest absolute Gasteiger partial charge is 0.374 e. The Morgan fingerprint density at radius 1 is 1.43 bits per heavy atom. The van der Waals surface area contributed by atoms with Crippen LogP contribution in [-0.4, -0.2) is 52.2 Å². The summed E-state index contributed by atoms with van der Waals surface area (Å²) in [7, 11) is -0.0970. The van der Waals surface area contributed by atoms with Crippen LogP contribution >= 0.6 is 0 Å². The molecule has 8 heteroatoms. The standard InChI is InChI=1S/C13H18FN3O3S/c1-16(2)13(18)9-15-12-8-10(4-5-11(12)14)17-6-3-7-21(17,19)20/h4-5,8,15H,3,6-7,9H2,1-2H3. The maximum absolute atomic E-state index is 13.7. The minimum Gasteiger partial charge on any atom is -0.374 e. The Morgan fingerprint density at radius 3 is 2.71 bits per heavy atom. The third-order valence-electron chi connectivity index (χ3n) is 3.27. The average molecular weight is 315 g/mol. The summed E-state index contributed by atoms with van der Waals surface area (Å²) in [4.78, 5) is 12.9. The summed E-state index contributed by atoms with van der Waals surface area (Å²) in [6, 6.07) is 4.05. The molecule has 0 spiro atoms. The zero-order valence-electron chi connectivity index (χ0n) is 12.0. The third kappa shape index (κ3) is 3.44. The van der Waals surface area contributed by atoms with Gasteiger partial charge in [-0.05, 0) is 24.6 Å². The van der Waals surface area contributed by atoms with Crippen molar-refractivity contribution in [2.75, 3.05) is 42.6 Å². The second-order valence-electron chi connectivity index (χ2n) is 5.05. The number of nitrogens with zero attached hydrogens (tertiary/aromatic N) is 2. The normalized spacial score (nSPS) is 16.8. The molecule has 21 heavy (non-hydrogen) atoms. The quantitative estimate of drug-likeness (QED) is 0.895. The number of hydrogen-bond acceptors (Lipinski definition) is 4. The van der Waals surface area contributed by atoms with Crippen LogP contribution in [0.1, 0.15) is 6.42 Å². The molecule has 2 rings (SSSR count).